The molecule has 0 aliphatic rings. The number of nitrogens with zero attached hydrogens (tertiary/aromatic N) is 3. The van der Waals surface area contributed by atoms with Crippen LogP contribution in [-0.4, -0.2) is 40.1 Å². The van der Waals surface area contributed by atoms with Gasteiger partial charge in [0.05, 0.1) is 6.54 Å². The second-order valence-electron chi connectivity index (χ2n) is 10.6. The summed E-state index contributed by atoms with van der Waals surface area (Å²) in [5, 5.41) is 6.71. The number of unbranched alkanes of at least 4 members (excludes halogenated alkanes) is 1. The number of benzene rings is 2. The molecular formula is C35H41N5O2. The Bertz CT molecular complexity index is 1660. The third kappa shape index (κ3) is 7.07. The number of carbonyl (C=O) groups is 1. The molecule has 4 rings (SSSR count). The number of aromatic nitrogens is 2. The molecule has 2 aromatic carbocycles. The molecule has 0 atom stereocenters. The first-order valence-electron chi connectivity index (χ1n) is 14.9. The maximum atomic E-state index is 14.1. The lowest BCUT2D eigenvalue weighted by Crippen LogP contribution is -2.30. The van der Waals surface area contributed by atoms with E-state index in [4.69, 9.17) is 0 Å². The van der Waals surface area contributed by atoms with Gasteiger partial charge < -0.3 is 10.6 Å². The number of fused-ring (bicyclic) bond motifs is 1. The van der Waals surface area contributed by atoms with Gasteiger partial charge in [-0.25, -0.2) is 9.78 Å². The molecule has 7 heteroatoms. The Balaban J connectivity index is 1.84. The van der Waals surface area contributed by atoms with E-state index < -0.39 is 6.03 Å². The quantitative estimate of drug-likeness (QED) is 0.198. The minimum Gasteiger partial charge on any atom is -0.307 e. The summed E-state index contributed by atoms with van der Waals surface area (Å²) in [5.41, 5.74) is 4.54. The molecule has 2 N–H and O–H groups in total. The van der Waals surface area contributed by atoms with Crippen LogP contribution >= 0.6 is 0 Å². The summed E-state index contributed by atoms with van der Waals surface area (Å²) in [7, 11) is 0. The number of anilines is 2. The van der Waals surface area contributed by atoms with E-state index in [0.29, 0.717) is 30.0 Å². The molecule has 2 aromatic heterocycles. The maximum Gasteiger partial charge on any atom is 0.323 e. The maximum absolute atomic E-state index is 14.1. The van der Waals surface area contributed by atoms with E-state index in [1.165, 1.54) is 0 Å². The first kappa shape index (κ1) is 30.5. The average molecular weight is 564 g/mol. The van der Waals surface area contributed by atoms with Gasteiger partial charge in [0.2, 0.25) is 0 Å². The van der Waals surface area contributed by atoms with Crippen LogP contribution in [0.2, 0.25) is 0 Å². The molecule has 218 valence electrons. The lowest BCUT2D eigenvalue weighted by Gasteiger charge is -2.19. The van der Waals surface area contributed by atoms with Gasteiger partial charge in [0.15, 0.2) is 0 Å². The van der Waals surface area contributed by atoms with Crippen LogP contribution in [-0.2, 0) is 6.54 Å². The monoisotopic (exact) mass is 563 g/mol. The lowest BCUT2D eigenvalue weighted by molar-refractivity contribution is 0.262. The number of urea groups is 1. The number of hydrogen-bond donors (Lipinski definition) is 2. The first-order valence-corrected chi connectivity index (χ1v) is 14.9. The second-order valence-corrected chi connectivity index (χ2v) is 10.6. The summed E-state index contributed by atoms with van der Waals surface area (Å²) in [6, 6.07) is 18.9. The van der Waals surface area contributed by atoms with E-state index >= 15 is 0 Å². The summed E-state index contributed by atoms with van der Waals surface area (Å²) in [5.74, 6) is 6.77. The lowest BCUT2D eigenvalue weighted by atomic mass is 9.98. The van der Waals surface area contributed by atoms with E-state index in [1.54, 1.807) is 10.8 Å². The van der Waals surface area contributed by atoms with E-state index in [9.17, 15) is 9.59 Å². The summed E-state index contributed by atoms with van der Waals surface area (Å²) in [6.07, 6.45) is 3.44. The predicted molar refractivity (Wildman–Crippen MR) is 174 cm³/mol. The number of nitrogens with one attached hydrogen (secondary N) is 2. The van der Waals surface area contributed by atoms with E-state index in [1.807, 2.05) is 60.7 Å². The molecule has 2 heterocycles. The fourth-order valence-corrected chi connectivity index (χ4v) is 5.05. The Morgan fingerprint density at radius 3 is 2.52 bits per heavy atom. The van der Waals surface area contributed by atoms with Crippen molar-refractivity contribution in [2.24, 2.45) is 0 Å². The van der Waals surface area contributed by atoms with Crippen molar-refractivity contribution in [3.05, 3.63) is 88.3 Å². The number of para-hydroxylation sites is 1. The fraction of sp³-hybridized carbons (Fsp3) is 0.343. The zero-order valence-corrected chi connectivity index (χ0v) is 25.3. The smallest absolute Gasteiger partial charge is 0.307 e. The van der Waals surface area contributed by atoms with Gasteiger partial charge in [-0.3, -0.25) is 14.3 Å². The molecule has 42 heavy (non-hydrogen) atoms. The Morgan fingerprint density at radius 2 is 1.79 bits per heavy atom. The third-order valence-electron chi connectivity index (χ3n) is 7.41. The number of aryl methyl sites for hydroxylation is 1. The topological polar surface area (TPSA) is 79.3 Å². The summed E-state index contributed by atoms with van der Waals surface area (Å²) >= 11 is 0. The Labute approximate surface area is 249 Å². The molecule has 4 aromatic rings. The van der Waals surface area contributed by atoms with Crippen molar-refractivity contribution in [3.8, 4) is 23.0 Å². The Morgan fingerprint density at radius 1 is 1.00 bits per heavy atom. The minimum absolute atomic E-state index is 0.222. The number of carbonyl (C=O) groups excluding carboxylic acids is 1. The van der Waals surface area contributed by atoms with Crippen LogP contribution < -0.4 is 16.2 Å². The van der Waals surface area contributed by atoms with Gasteiger partial charge >= 0.3 is 6.03 Å². The highest BCUT2D eigenvalue weighted by Gasteiger charge is 2.21. The minimum atomic E-state index is -0.470. The standard InChI is InChI=1S/C35H41N5O2/c1-6-9-23-40-33-29(19-13-21-36-33)31(27-17-12-15-26(24-27)16-14-22-39(7-2)8-3)32(34(40)41)38-35(42)37-30-20-11-10-18-28(30)25(4)5/h10-13,15,17-21,24-25H,6-9,22-23H2,1-5H3,(H2,37,38,42). The van der Waals surface area contributed by atoms with Crippen molar-refractivity contribution in [1.82, 2.24) is 14.5 Å². The molecule has 0 aliphatic carbocycles. The zero-order chi connectivity index (χ0) is 30.1. The van der Waals surface area contributed by atoms with Crippen molar-refractivity contribution in [2.45, 2.75) is 59.9 Å². The van der Waals surface area contributed by atoms with Crippen LogP contribution in [0.5, 0.6) is 0 Å². The van der Waals surface area contributed by atoms with Gasteiger partial charge in [0.1, 0.15) is 11.3 Å². The molecular weight excluding hydrogens is 522 g/mol. The van der Waals surface area contributed by atoms with E-state index in [-0.39, 0.29) is 17.2 Å². The molecule has 2 amide bonds. The summed E-state index contributed by atoms with van der Waals surface area (Å²) < 4.78 is 1.67. The molecule has 0 radical (unpaired) electrons. The molecule has 0 saturated heterocycles. The van der Waals surface area contributed by atoms with Crippen LogP contribution in [0.15, 0.2) is 71.7 Å². The summed E-state index contributed by atoms with van der Waals surface area (Å²) in [6.45, 7) is 13.6. The fourth-order valence-electron chi connectivity index (χ4n) is 5.05. The van der Waals surface area contributed by atoms with Gasteiger partial charge in [-0.1, -0.05) is 83.2 Å². The van der Waals surface area contributed by atoms with Crippen molar-refractivity contribution in [1.29, 1.82) is 0 Å². The van der Waals surface area contributed by atoms with Gasteiger partial charge in [0, 0.05) is 34.9 Å². The zero-order valence-electron chi connectivity index (χ0n) is 25.3. The number of amides is 2. The molecule has 0 unspecified atom stereocenters. The third-order valence-corrected chi connectivity index (χ3v) is 7.41. The first-order chi connectivity index (χ1) is 20.4. The van der Waals surface area contributed by atoms with Crippen LogP contribution in [0.1, 0.15) is 64.5 Å². The van der Waals surface area contributed by atoms with E-state index in [0.717, 1.165) is 48.0 Å². The SMILES string of the molecule is CCCCn1c(=O)c(NC(=O)Nc2ccccc2C(C)C)c(-c2cccc(C#CCN(CC)CC)c2)c2cccnc21. The number of pyridine rings is 2. The number of hydrogen-bond acceptors (Lipinski definition) is 4. The van der Waals surface area contributed by atoms with Crippen molar-refractivity contribution < 1.29 is 4.79 Å². The van der Waals surface area contributed by atoms with Crippen molar-refractivity contribution in [3.63, 3.8) is 0 Å². The van der Waals surface area contributed by atoms with Crippen LogP contribution in [0.4, 0.5) is 16.2 Å². The van der Waals surface area contributed by atoms with Crippen LogP contribution in [0.3, 0.4) is 0 Å². The van der Waals surface area contributed by atoms with Gasteiger partial charge in [-0.05, 0) is 66.9 Å². The molecule has 0 aliphatic heterocycles. The van der Waals surface area contributed by atoms with Crippen LogP contribution in [0, 0.1) is 11.8 Å². The molecule has 0 fully saturated rings. The Kier molecular flexibility index (Phi) is 10.5. The molecule has 7 nitrogen and oxygen atoms in total. The highest BCUT2D eigenvalue weighted by atomic mass is 16.2. The van der Waals surface area contributed by atoms with Crippen molar-refractivity contribution >= 4 is 28.4 Å². The average Bonchev–Trinajstić information content (AvgIpc) is 2.99. The molecule has 0 spiro atoms. The summed E-state index contributed by atoms with van der Waals surface area (Å²) in [4.78, 5) is 34.4. The highest BCUT2D eigenvalue weighted by Crippen LogP contribution is 2.34. The van der Waals surface area contributed by atoms with Crippen molar-refractivity contribution in [2.75, 3.05) is 30.3 Å². The van der Waals surface area contributed by atoms with Gasteiger partial charge in [-0.2, -0.15) is 0 Å². The highest BCUT2D eigenvalue weighted by molar-refractivity contribution is 6.07. The molecule has 0 bridgehead atoms. The molecule has 0 saturated carbocycles. The Hall–Kier alpha value is -4.41. The van der Waals surface area contributed by atoms with Gasteiger partial charge in [0.25, 0.3) is 5.56 Å². The van der Waals surface area contributed by atoms with Crippen LogP contribution in [0.25, 0.3) is 22.2 Å². The largest absolute Gasteiger partial charge is 0.323 e. The number of rotatable bonds is 10. The van der Waals surface area contributed by atoms with E-state index in [2.05, 4.69) is 67.0 Å². The van der Waals surface area contributed by atoms with Gasteiger partial charge in [-0.15, -0.1) is 0 Å². The predicted octanol–water partition coefficient (Wildman–Crippen LogP) is 7.32. The second kappa shape index (κ2) is 14.5. The normalized spacial score (nSPS) is 11.0.